The van der Waals surface area contributed by atoms with Crippen LogP contribution in [0.1, 0.15) is 10.7 Å². The Morgan fingerprint density at radius 1 is 1.17 bits per heavy atom. The van der Waals surface area contributed by atoms with Crippen LogP contribution in [0.15, 0.2) is 53.3 Å². The highest BCUT2D eigenvalue weighted by Gasteiger charge is 2.19. The fraction of sp³-hybridized carbons (Fsp3) is 0.300. The van der Waals surface area contributed by atoms with E-state index in [0.29, 0.717) is 17.9 Å². The smallest absolute Gasteiger partial charge is 0.316 e. The Hall–Kier alpha value is -2.97. The van der Waals surface area contributed by atoms with E-state index in [1.165, 1.54) is 0 Å². The van der Waals surface area contributed by atoms with Crippen molar-refractivity contribution in [2.45, 2.75) is 0 Å². The molecule has 150 valence electrons. The summed E-state index contributed by atoms with van der Waals surface area (Å²) in [5.41, 5.74) is 1.85. The molecule has 0 radical (unpaired) electrons. The van der Waals surface area contributed by atoms with Crippen LogP contribution in [-0.2, 0) is 0 Å². The first-order valence-corrected chi connectivity index (χ1v) is 9.82. The molecule has 1 saturated heterocycles. The number of nitrogens with one attached hydrogen (secondary N) is 1. The Balaban J connectivity index is 1.22. The Bertz CT molecular complexity index is 956. The minimum Gasteiger partial charge on any atom is -0.369 e. The molecular formula is C20H21ClN6O2. The Morgan fingerprint density at radius 3 is 2.79 bits per heavy atom. The second-order valence-corrected chi connectivity index (χ2v) is 7.17. The molecule has 2 aromatic heterocycles. The molecule has 0 atom stereocenters. The van der Waals surface area contributed by atoms with Gasteiger partial charge in [-0.1, -0.05) is 22.8 Å². The molecule has 1 aliphatic heterocycles. The number of carbonyl (C=O) groups is 1. The molecule has 1 aromatic carbocycles. The fourth-order valence-corrected chi connectivity index (χ4v) is 3.42. The van der Waals surface area contributed by atoms with Gasteiger partial charge in [-0.2, -0.15) is 4.98 Å². The van der Waals surface area contributed by atoms with Gasteiger partial charge in [-0.15, -0.1) is 0 Å². The highest BCUT2D eigenvalue weighted by atomic mass is 35.5. The van der Waals surface area contributed by atoms with E-state index in [4.69, 9.17) is 16.1 Å². The molecule has 3 aromatic rings. The SMILES string of the molecule is O=C(NCCN1CCN(c2cccc(Cl)c2)CC1)c1nc(-c2cccnc2)no1. The summed E-state index contributed by atoms with van der Waals surface area (Å²) in [7, 11) is 0. The van der Waals surface area contributed by atoms with Crippen molar-refractivity contribution >= 4 is 23.2 Å². The number of pyridine rings is 1. The number of hydrogen-bond acceptors (Lipinski definition) is 7. The van der Waals surface area contributed by atoms with E-state index in [9.17, 15) is 4.79 Å². The van der Waals surface area contributed by atoms with Gasteiger partial charge in [0.2, 0.25) is 5.82 Å². The molecule has 8 nitrogen and oxygen atoms in total. The Labute approximate surface area is 173 Å². The fourth-order valence-electron chi connectivity index (χ4n) is 3.23. The third kappa shape index (κ3) is 4.90. The van der Waals surface area contributed by atoms with Crippen molar-refractivity contribution < 1.29 is 9.32 Å². The number of amides is 1. The lowest BCUT2D eigenvalue weighted by Gasteiger charge is -2.36. The summed E-state index contributed by atoms with van der Waals surface area (Å²) >= 11 is 6.08. The number of benzene rings is 1. The van der Waals surface area contributed by atoms with Crippen molar-refractivity contribution in [1.82, 2.24) is 25.3 Å². The largest absolute Gasteiger partial charge is 0.369 e. The zero-order chi connectivity index (χ0) is 20.1. The van der Waals surface area contributed by atoms with Crippen LogP contribution in [-0.4, -0.2) is 65.2 Å². The molecule has 4 rings (SSSR count). The maximum Gasteiger partial charge on any atom is 0.316 e. The quantitative estimate of drug-likeness (QED) is 0.664. The van der Waals surface area contributed by atoms with E-state index in [0.717, 1.165) is 43.4 Å². The minimum atomic E-state index is -0.370. The standard InChI is InChI=1S/C20H21ClN6O2/c21-16-4-1-5-17(13-16)27-11-9-26(10-12-27)8-7-23-19(28)20-24-18(25-29-20)15-3-2-6-22-14-15/h1-6,13-14H,7-12H2,(H,23,28). The predicted molar refractivity (Wildman–Crippen MR) is 110 cm³/mol. The van der Waals surface area contributed by atoms with Crippen LogP contribution in [0.4, 0.5) is 5.69 Å². The van der Waals surface area contributed by atoms with Gasteiger partial charge in [0, 0.05) is 67.9 Å². The zero-order valence-corrected chi connectivity index (χ0v) is 16.5. The monoisotopic (exact) mass is 412 g/mol. The van der Waals surface area contributed by atoms with Crippen LogP contribution >= 0.6 is 11.6 Å². The number of piperazine rings is 1. The predicted octanol–water partition coefficient (Wildman–Crippen LogP) is 2.34. The topological polar surface area (TPSA) is 87.4 Å². The molecule has 9 heteroatoms. The lowest BCUT2D eigenvalue weighted by molar-refractivity contribution is 0.0904. The molecule has 0 unspecified atom stereocenters. The van der Waals surface area contributed by atoms with Crippen LogP contribution in [0, 0.1) is 0 Å². The molecule has 0 saturated carbocycles. The number of nitrogens with zero attached hydrogens (tertiary/aromatic N) is 5. The van der Waals surface area contributed by atoms with E-state index in [2.05, 4.69) is 36.3 Å². The van der Waals surface area contributed by atoms with E-state index in [1.807, 2.05) is 24.3 Å². The van der Waals surface area contributed by atoms with E-state index >= 15 is 0 Å². The summed E-state index contributed by atoms with van der Waals surface area (Å²) in [6, 6.07) is 11.5. The summed E-state index contributed by atoms with van der Waals surface area (Å²) in [6.07, 6.45) is 3.28. The first-order valence-electron chi connectivity index (χ1n) is 9.44. The zero-order valence-electron chi connectivity index (χ0n) is 15.8. The van der Waals surface area contributed by atoms with Gasteiger partial charge in [0.05, 0.1) is 0 Å². The van der Waals surface area contributed by atoms with E-state index in [1.54, 1.807) is 18.5 Å². The minimum absolute atomic E-state index is 0.0466. The number of aromatic nitrogens is 3. The molecule has 1 N–H and O–H groups in total. The van der Waals surface area contributed by atoms with Gasteiger partial charge in [-0.05, 0) is 30.3 Å². The van der Waals surface area contributed by atoms with Crippen molar-refractivity contribution in [3.05, 3.63) is 59.7 Å². The Kier molecular flexibility index (Phi) is 6.02. The summed E-state index contributed by atoms with van der Waals surface area (Å²) in [5, 5.41) is 7.42. The normalized spacial score (nSPS) is 14.7. The van der Waals surface area contributed by atoms with Crippen LogP contribution in [0.5, 0.6) is 0 Å². The van der Waals surface area contributed by atoms with Crippen LogP contribution in [0.2, 0.25) is 5.02 Å². The van der Waals surface area contributed by atoms with Gasteiger partial charge in [0.1, 0.15) is 0 Å². The second kappa shape index (κ2) is 9.02. The number of carbonyl (C=O) groups excluding carboxylic acids is 1. The molecule has 0 bridgehead atoms. The third-order valence-corrected chi connectivity index (χ3v) is 5.03. The lowest BCUT2D eigenvalue weighted by Crippen LogP contribution is -2.48. The van der Waals surface area contributed by atoms with Crippen LogP contribution in [0.3, 0.4) is 0 Å². The van der Waals surface area contributed by atoms with Crippen molar-refractivity contribution in [3.8, 4) is 11.4 Å². The lowest BCUT2D eigenvalue weighted by atomic mass is 10.2. The average molecular weight is 413 g/mol. The van der Waals surface area contributed by atoms with Gasteiger partial charge in [-0.25, -0.2) is 0 Å². The molecule has 29 heavy (non-hydrogen) atoms. The van der Waals surface area contributed by atoms with Crippen molar-refractivity contribution in [3.63, 3.8) is 0 Å². The molecule has 0 aliphatic carbocycles. The van der Waals surface area contributed by atoms with Crippen molar-refractivity contribution in [2.75, 3.05) is 44.2 Å². The van der Waals surface area contributed by atoms with Gasteiger partial charge >= 0.3 is 11.8 Å². The first kappa shape index (κ1) is 19.4. The third-order valence-electron chi connectivity index (χ3n) is 4.80. The van der Waals surface area contributed by atoms with E-state index in [-0.39, 0.29) is 11.8 Å². The van der Waals surface area contributed by atoms with E-state index < -0.39 is 0 Å². The summed E-state index contributed by atoms with van der Waals surface area (Å²) in [6.45, 7) is 4.97. The molecule has 1 fully saturated rings. The van der Waals surface area contributed by atoms with Crippen molar-refractivity contribution in [2.24, 2.45) is 0 Å². The number of hydrogen-bond donors (Lipinski definition) is 1. The average Bonchev–Trinajstić information content (AvgIpc) is 3.25. The van der Waals surface area contributed by atoms with Gasteiger partial charge in [0.25, 0.3) is 0 Å². The number of rotatable bonds is 6. The summed E-state index contributed by atoms with van der Waals surface area (Å²) in [5.74, 6) is -0.0692. The number of anilines is 1. The molecular weight excluding hydrogens is 392 g/mol. The molecule has 3 heterocycles. The number of halogens is 1. The van der Waals surface area contributed by atoms with Gasteiger partial charge in [-0.3, -0.25) is 14.7 Å². The molecule has 1 amide bonds. The maximum atomic E-state index is 12.2. The first-order chi connectivity index (χ1) is 14.2. The van der Waals surface area contributed by atoms with Crippen LogP contribution in [0.25, 0.3) is 11.4 Å². The van der Waals surface area contributed by atoms with Crippen LogP contribution < -0.4 is 10.2 Å². The summed E-state index contributed by atoms with van der Waals surface area (Å²) in [4.78, 5) is 25.0. The van der Waals surface area contributed by atoms with Gasteiger partial charge < -0.3 is 14.7 Å². The molecule has 0 spiro atoms. The van der Waals surface area contributed by atoms with Crippen molar-refractivity contribution in [1.29, 1.82) is 0 Å². The molecule has 1 aliphatic rings. The Morgan fingerprint density at radius 2 is 2.03 bits per heavy atom. The summed E-state index contributed by atoms with van der Waals surface area (Å²) < 4.78 is 5.06. The maximum absolute atomic E-state index is 12.2. The second-order valence-electron chi connectivity index (χ2n) is 6.73. The highest BCUT2D eigenvalue weighted by molar-refractivity contribution is 6.30. The van der Waals surface area contributed by atoms with Gasteiger partial charge in [0.15, 0.2) is 0 Å². The highest BCUT2D eigenvalue weighted by Crippen LogP contribution is 2.20.